The van der Waals surface area contributed by atoms with Gasteiger partial charge in [0.1, 0.15) is 12.4 Å². The number of aryl methyl sites for hydroxylation is 1. The zero-order valence-corrected chi connectivity index (χ0v) is 15.6. The Morgan fingerprint density at radius 1 is 1.23 bits per heavy atom. The number of para-hydroxylation sites is 1. The zero-order valence-electron chi connectivity index (χ0n) is 14.1. The number of anilines is 1. The summed E-state index contributed by atoms with van der Waals surface area (Å²) in [6.07, 6.45) is 3.38. The van der Waals surface area contributed by atoms with Gasteiger partial charge in [-0.3, -0.25) is 9.48 Å². The molecule has 134 valence electrons. The molecule has 0 aliphatic rings. The maximum atomic E-state index is 12.6. The SMILES string of the molecule is CCn1cc(NC(=O)c2ccccc2OCc2ccc(Cl)cc2Cl)cn1. The number of hydrogen-bond donors (Lipinski definition) is 1. The van der Waals surface area contributed by atoms with E-state index in [1.165, 1.54) is 0 Å². The van der Waals surface area contributed by atoms with Crippen molar-refractivity contribution in [3.63, 3.8) is 0 Å². The van der Waals surface area contributed by atoms with Crippen LogP contribution < -0.4 is 10.1 Å². The Morgan fingerprint density at radius 3 is 2.77 bits per heavy atom. The van der Waals surface area contributed by atoms with Crippen molar-refractivity contribution in [2.45, 2.75) is 20.1 Å². The number of halogens is 2. The lowest BCUT2D eigenvalue weighted by atomic mass is 10.2. The molecule has 1 N–H and O–H groups in total. The van der Waals surface area contributed by atoms with Crippen LogP contribution in [0.5, 0.6) is 5.75 Å². The van der Waals surface area contributed by atoms with Gasteiger partial charge in [-0.05, 0) is 31.2 Å². The van der Waals surface area contributed by atoms with Gasteiger partial charge in [0, 0.05) is 28.4 Å². The highest BCUT2D eigenvalue weighted by molar-refractivity contribution is 6.35. The molecule has 0 saturated carbocycles. The van der Waals surface area contributed by atoms with Crippen LogP contribution in [0.1, 0.15) is 22.8 Å². The largest absolute Gasteiger partial charge is 0.488 e. The van der Waals surface area contributed by atoms with Crippen molar-refractivity contribution >= 4 is 34.8 Å². The van der Waals surface area contributed by atoms with Crippen LogP contribution in [0.15, 0.2) is 54.9 Å². The third-order valence-electron chi connectivity index (χ3n) is 3.75. The number of hydrogen-bond acceptors (Lipinski definition) is 3. The monoisotopic (exact) mass is 389 g/mol. The van der Waals surface area contributed by atoms with E-state index in [4.69, 9.17) is 27.9 Å². The molecule has 0 fully saturated rings. The van der Waals surface area contributed by atoms with E-state index >= 15 is 0 Å². The molecule has 0 saturated heterocycles. The molecule has 3 rings (SSSR count). The van der Waals surface area contributed by atoms with Gasteiger partial charge in [-0.1, -0.05) is 41.4 Å². The van der Waals surface area contributed by atoms with Gasteiger partial charge < -0.3 is 10.1 Å². The Balaban J connectivity index is 1.73. The molecule has 0 radical (unpaired) electrons. The van der Waals surface area contributed by atoms with E-state index < -0.39 is 0 Å². The fraction of sp³-hybridized carbons (Fsp3) is 0.158. The van der Waals surface area contributed by atoms with Gasteiger partial charge in [0.05, 0.1) is 17.4 Å². The summed E-state index contributed by atoms with van der Waals surface area (Å²) in [6, 6.07) is 12.2. The molecule has 0 spiro atoms. The van der Waals surface area contributed by atoms with Crippen LogP contribution in [0.4, 0.5) is 5.69 Å². The fourth-order valence-electron chi connectivity index (χ4n) is 2.37. The highest BCUT2D eigenvalue weighted by Gasteiger charge is 2.14. The third kappa shape index (κ3) is 4.36. The lowest BCUT2D eigenvalue weighted by Crippen LogP contribution is -2.13. The summed E-state index contributed by atoms with van der Waals surface area (Å²) in [4.78, 5) is 12.6. The molecular formula is C19H17Cl2N3O2. The van der Waals surface area contributed by atoms with Crippen LogP contribution in [0.3, 0.4) is 0 Å². The first kappa shape index (κ1) is 18.3. The maximum Gasteiger partial charge on any atom is 0.259 e. The Kier molecular flexibility index (Phi) is 5.81. The highest BCUT2D eigenvalue weighted by atomic mass is 35.5. The minimum atomic E-state index is -0.265. The second-order valence-electron chi connectivity index (χ2n) is 5.56. The third-order valence-corrected chi connectivity index (χ3v) is 4.33. The molecule has 26 heavy (non-hydrogen) atoms. The number of nitrogens with one attached hydrogen (secondary N) is 1. The molecule has 1 aromatic heterocycles. The molecule has 7 heteroatoms. The summed E-state index contributed by atoms with van der Waals surface area (Å²) < 4.78 is 7.56. The van der Waals surface area contributed by atoms with Crippen molar-refractivity contribution in [1.82, 2.24) is 9.78 Å². The average molecular weight is 390 g/mol. The van der Waals surface area contributed by atoms with E-state index in [2.05, 4.69) is 10.4 Å². The number of carbonyl (C=O) groups excluding carboxylic acids is 1. The summed E-state index contributed by atoms with van der Waals surface area (Å²) in [6.45, 7) is 2.94. The van der Waals surface area contributed by atoms with E-state index in [9.17, 15) is 4.79 Å². The van der Waals surface area contributed by atoms with Crippen molar-refractivity contribution in [3.8, 4) is 5.75 Å². The predicted molar refractivity (Wildman–Crippen MR) is 103 cm³/mol. The van der Waals surface area contributed by atoms with Crippen LogP contribution in [-0.2, 0) is 13.2 Å². The van der Waals surface area contributed by atoms with Crippen molar-refractivity contribution in [1.29, 1.82) is 0 Å². The van der Waals surface area contributed by atoms with Gasteiger partial charge in [0.15, 0.2) is 0 Å². The lowest BCUT2D eigenvalue weighted by molar-refractivity contribution is 0.102. The molecule has 5 nitrogen and oxygen atoms in total. The van der Waals surface area contributed by atoms with E-state index in [1.807, 2.05) is 13.0 Å². The number of benzene rings is 2. The number of aromatic nitrogens is 2. The van der Waals surface area contributed by atoms with Crippen molar-refractivity contribution in [2.24, 2.45) is 0 Å². The average Bonchev–Trinajstić information content (AvgIpc) is 3.09. The summed E-state index contributed by atoms with van der Waals surface area (Å²) >= 11 is 12.1. The highest BCUT2D eigenvalue weighted by Crippen LogP contribution is 2.25. The molecular weight excluding hydrogens is 373 g/mol. The summed E-state index contributed by atoms with van der Waals surface area (Å²) in [7, 11) is 0. The van der Waals surface area contributed by atoms with Gasteiger partial charge in [0.2, 0.25) is 0 Å². The first-order chi connectivity index (χ1) is 12.6. The number of carbonyl (C=O) groups is 1. The second kappa shape index (κ2) is 8.25. The predicted octanol–water partition coefficient (Wildman–Crippen LogP) is 5.04. The van der Waals surface area contributed by atoms with Gasteiger partial charge in [-0.15, -0.1) is 0 Å². The summed E-state index contributed by atoms with van der Waals surface area (Å²) in [5, 5.41) is 8.05. The first-order valence-electron chi connectivity index (χ1n) is 8.06. The number of amides is 1. The summed E-state index contributed by atoms with van der Waals surface area (Å²) in [5.41, 5.74) is 1.85. The molecule has 3 aromatic rings. The van der Waals surface area contributed by atoms with Crippen LogP contribution in [0.2, 0.25) is 10.0 Å². The lowest BCUT2D eigenvalue weighted by Gasteiger charge is -2.12. The van der Waals surface area contributed by atoms with Gasteiger partial charge in [-0.2, -0.15) is 5.10 Å². The first-order valence-corrected chi connectivity index (χ1v) is 8.82. The maximum absolute atomic E-state index is 12.6. The zero-order chi connectivity index (χ0) is 18.5. The van der Waals surface area contributed by atoms with Gasteiger partial charge in [0.25, 0.3) is 5.91 Å². The molecule has 0 unspecified atom stereocenters. The van der Waals surface area contributed by atoms with Crippen molar-refractivity contribution in [3.05, 3.63) is 76.0 Å². The molecule has 0 bridgehead atoms. The Labute approximate surface area is 161 Å². The minimum Gasteiger partial charge on any atom is -0.488 e. The van der Waals surface area contributed by atoms with Crippen molar-refractivity contribution < 1.29 is 9.53 Å². The second-order valence-corrected chi connectivity index (χ2v) is 6.40. The Morgan fingerprint density at radius 2 is 2.04 bits per heavy atom. The fourth-order valence-corrected chi connectivity index (χ4v) is 2.84. The standard InChI is InChI=1S/C19H17Cl2N3O2/c1-2-24-11-15(10-22-24)23-19(25)16-5-3-4-6-18(16)26-12-13-7-8-14(20)9-17(13)21/h3-11H,2,12H2,1H3,(H,23,25). The van der Waals surface area contributed by atoms with Crippen molar-refractivity contribution in [2.75, 3.05) is 5.32 Å². The number of ether oxygens (including phenoxy) is 1. The molecule has 1 heterocycles. The van der Waals surface area contributed by atoms with Crippen LogP contribution in [0, 0.1) is 0 Å². The topological polar surface area (TPSA) is 56.2 Å². The Hall–Kier alpha value is -2.50. The van der Waals surface area contributed by atoms with Gasteiger partial charge in [-0.25, -0.2) is 0 Å². The van der Waals surface area contributed by atoms with E-state index in [1.54, 1.807) is 53.5 Å². The molecule has 2 aromatic carbocycles. The number of nitrogens with zero attached hydrogens (tertiary/aromatic N) is 2. The van der Waals surface area contributed by atoms with E-state index in [0.29, 0.717) is 27.0 Å². The minimum absolute atomic E-state index is 0.230. The summed E-state index contributed by atoms with van der Waals surface area (Å²) in [5.74, 6) is 0.206. The normalized spacial score (nSPS) is 10.6. The molecule has 0 aliphatic heterocycles. The molecule has 0 aliphatic carbocycles. The quantitative estimate of drug-likeness (QED) is 0.642. The molecule has 1 amide bonds. The Bertz CT molecular complexity index is 925. The molecule has 0 atom stereocenters. The van der Waals surface area contributed by atoms with Crippen LogP contribution >= 0.6 is 23.2 Å². The van der Waals surface area contributed by atoms with Crippen LogP contribution in [0.25, 0.3) is 0 Å². The van der Waals surface area contributed by atoms with Crippen LogP contribution in [-0.4, -0.2) is 15.7 Å². The smallest absolute Gasteiger partial charge is 0.259 e. The van der Waals surface area contributed by atoms with Gasteiger partial charge >= 0.3 is 0 Å². The van der Waals surface area contributed by atoms with E-state index in [-0.39, 0.29) is 12.5 Å². The van der Waals surface area contributed by atoms with E-state index in [0.717, 1.165) is 12.1 Å². The number of rotatable bonds is 6.